The number of rotatable bonds is 9. The molecule has 0 aromatic carbocycles. The number of fused-ring (bicyclic) bond motifs is 5. The molecule has 1 unspecified atom stereocenters. The number of nitrogens with one attached hydrogen (secondary N) is 1. The lowest BCUT2D eigenvalue weighted by atomic mass is 9.43. The van der Waals surface area contributed by atoms with E-state index in [1.165, 1.54) is 12.8 Å². The first-order valence-corrected chi connectivity index (χ1v) is 15.2. The molecule has 5 rings (SSSR count). The van der Waals surface area contributed by atoms with Crippen LogP contribution in [0.4, 0.5) is 0 Å². The summed E-state index contributed by atoms with van der Waals surface area (Å²) in [7, 11) is 4.07. The topological polar surface area (TPSA) is 86.6 Å². The minimum absolute atomic E-state index is 0.140. The second-order valence-corrected chi connectivity index (χ2v) is 14.0. The van der Waals surface area contributed by atoms with E-state index in [1.807, 2.05) is 20.3 Å². The lowest BCUT2D eigenvalue weighted by molar-refractivity contribution is -0.269. The average molecular weight is 520 g/mol. The van der Waals surface area contributed by atoms with Crippen molar-refractivity contribution in [2.24, 2.45) is 39.7 Å². The van der Waals surface area contributed by atoms with E-state index >= 15 is 0 Å². The van der Waals surface area contributed by atoms with Crippen molar-refractivity contribution in [3.63, 3.8) is 0 Å². The molecule has 7 nitrogen and oxygen atoms in total. The van der Waals surface area contributed by atoms with Crippen molar-refractivity contribution >= 4 is 6.21 Å². The highest BCUT2D eigenvalue weighted by atomic mass is 16.6. The Morgan fingerprint density at radius 2 is 1.81 bits per heavy atom. The van der Waals surface area contributed by atoms with Crippen molar-refractivity contribution < 1.29 is 19.8 Å². The number of hydrogen-bond acceptors (Lipinski definition) is 7. The summed E-state index contributed by atoms with van der Waals surface area (Å²) in [4.78, 5) is 7.63. The van der Waals surface area contributed by atoms with Crippen molar-refractivity contribution in [3.8, 4) is 0 Å². The van der Waals surface area contributed by atoms with Crippen molar-refractivity contribution in [2.45, 2.75) is 108 Å². The fourth-order valence-corrected chi connectivity index (χ4v) is 9.38. The summed E-state index contributed by atoms with van der Waals surface area (Å²) < 4.78 is 6.19. The summed E-state index contributed by atoms with van der Waals surface area (Å²) >= 11 is 0. The highest BCUT2D eigenvalue weighted by molar-refractivity contribution is 5.63. The molecule has 0 bridgehead atoms. The molecule has 0 aromatic heterocycles. The average Bonchev–Trinajstić information content (AvgIpc) is 3.46. The highest BCUT2D eigenvalue weighted by Crippen LogP contribution is 2.69. The SMILES string of the molecule is CN(C)CCO/N=C/[C@H]1CC[C@]2(O)[C@@H]3CC[C@@H]4C[C@](O)(OCCC5CCCN5)CC[C@]4(C)[C@H]3CC[C@]12C. The normalized spacial score (nSPS) is 47.7. The van der Waals surface area contributed by atoms with Crippen LogP contribution in [0, 0.1) is 34.5 Å². The molecule has 4 aliphatic carbocycles. The minimum atomic E-state index is -0.975. The molecule has 5 aliphatic rings. The summed E-state index contributed by atoms with van der Waals surface area (Å²) in [5, 5.41) is 31.6. The summed E-state index contributed by atoms with van der Waals surface area (Å²) in [6.07, 6.45) is 14.1. The molecule has 0 aromatic rings. The quantitative estimate of drug-likeness (QED) is 0.183. The molecule has 212 valence electrons. The Balaban J connectivity index is 1.21. The summed E-state index contributed by atoms with van der Waals surface area (Å²) in [5.41, 5.74) is -0.606. The summed E-state index contributed by atoms with van der Waals surface area (Å²) in [5.74, 6) is 0.609. The third-order valence-electron chi connectivity index (χ3n) is 11.9. The van der Waals surface area contributed by atoms with Crippen molar-refractivity contribution in [1.29, 1.82) is 0 Å². The van der Waals surface area contributed by atoms with Gasteiger partial charge in [0.2, 0.25) is 0 Å². The van der Waals surface area contributed by atoms with Crippen LogP contribution in [-0.4, -0.2) is 79.2 Å². The molecule has 9 atom stereocenters. The van der Waals surface area contributed by atoms with Gasteiger partial charge in [-0.1, -0.05) is 19.0 Å². The predicted molar refractivity (Wildman–Crippen MR) is 146 cm³/mol. The van der Waals surface area contributed by atoms with E-state index in [9.17, 15) is 10.2 Å². The van der Waals surface area contributed by atoms with Gasteiger partial charge < -0.3 is 30.0 Å². The Hall–Kier alpha value is -0.730. The standard InChI is InChI=1S/C30H53N3O4/c1-27-14-15-29(34,36-18-11-24-6-5-16-31-24)20-22(27)7-8-26-25(27)10-12-28(2)23(9-13-30(26,28)35)21-32-37-19-17-33(3)4/h21-26,31,34-35H,5-20H2,1-4H3/b32-21+/t22-,23-,24?,25+,26-,27+,28-,29-,30+/m1/s1. The minimum Gasteiger partial charge on any atom is -0.395 e. The number of likely N-dealkylation sites (N-methyl/N-ethyl adjacent to an activating group) is 1. The van der Waals surface area contributed by atoms with Gasteiger partial charge in [-0.25, -0.2) is 0 Å². The van der Waals surface area contributed by atoms with Gasteiger partial charge >= 0.3 is 0 Å². The Morgan fingerprint density at radius 1 is 0.973 bits per heavy atom. The van der Waals surface area contributed by atoms with E-state index in [0.29, 0.717) is 37.0 Å². The molecule has 0 radical (unpaired) electrons. The Labute approximate surface area is 224 Å². The van der Waals surface area contributed by atoms with E-state index in [4.69, 9.17) is 9.57 Å². The monoisotopic (exact) mass is 519 g/mol. The van der Waals surface area contributed by atoms with Crippen LogP contribution in [0.5, 0.6) is 0 Å². The smallest absolute Gasteiger partial charge is 0.165 e. The van der Waals surface area contributed by atoms with Crippen LogP contribution in [-0.2, 0) is 9.57 Å². The summed E-state index contributed by atoms with van der Waals surface area (Å²) in [6.45, 7) is 7.98. The van der Waals surface area contributed by atoms with Gasteiger partial charge in [0.1, 0.15) is 6.61 Å². The third kappa shape index (κ3) is 5.13. The van der Waals surface area contributed by atoms with Gasteiger partial charge in [0.15, 0.2) is 5.79 Å². The molecule has 1 saturated heterocycles. The third-order valence-corrected chi connectivity index (χ3v) is 11.9. The molecule has 1 heterocycles. The van der Waals surface area contributed by atoms with Crippen molar-refractivity contribution in [3.05, 3.63) is 0 Å². The van der Waals surface area contributed by atoms with Crippen LogP contribution < -0.4 is 5.32 Å². The largest absolute Gasteiger partial charge is 0.395 e. The molecule has 3 N–H and O–H groups in total. The van der Waals surface area contributed by atoms with Crippen LogP contribution in [0.15, 0.2) is 5.16 Å². The van der Waals surface area contributed by atoms with Crippen LogP contribution in [0.25, 0.3) is 0 Å². The molecular formula is C30H53N3O4. The zero-order chi connectivity index (χ0) is 26.3. The number of oxime groups is 1. The number of ether oxygens (including phenoxy) is 1. The van der Waals surface area contributed by atoms with Gasteiger partial charge in [-0.15, -0.1) is 0 Å². The molecular weight excluding hydrogens is 466 g/mol. The molecule has 0 spiro atoms. The fourth-order valence-electron chi connectivity index (χ4n) is 9.38. The summed E-state index contributed by atoms with van der Waals surface area (Å²) in [6, 6.07) is 0.551. The molecule has 1 aliphatic heterocycles. The molecule has 37 heavy (non-hydrogen) atoms. The van der Waals surface area contributed by atoms with E-state index in [1.54, 1.807) is 0 Å². The number of nitrogens with zero attached hydrogens (tertiary/aromatic N) is 2. The highest BCUT2D eigenvalue weighted by Gasteiger charge is 2.67. The van der Waals surface area contributed by atoms with Gasteiger partial charge in [-0.3, -0.25) is 0 Å². The Kier molecular flexibility index (Phi) is 8.03. The van der Waals surface area contributed by atoms with E-state index in [2.05, 4.69) is 29.2 Å². The molecule has 5 fully saturated rings. The van der Waals surface area contributed by atoms with Gasteiger partial charge in [-0.05, 0) is 108 Å². The van der Waals surface area contributed by atoms with E-state index in [0.717, 1.165) is 77.3 Å². The van der Waals surface area contributed by atoms with E-state index in [-0.39, 0.29) is 16.7 Å². The first-order valence-electron chi connectivity index (χ1n) is 15.2. The van der Waals surface area contributed by atoms with Gasteiger partial charge in [0.25, 0.3) is 0 Å². The second-order valence-electron chi connectivity index (χ2n) is 14.0. The van der Waals surface area contributed by atoms with Crippen molar-refractivity contribution in [2.75, 3.05) is 40.4 Å². The van der Waals surface area contributed by atoms with Gasteiger partial charge in [0, 0.05) is 43.0 Å². The molecule has 4 saturated carbocycles. The maximum absolute atomic E-state index is 12.3. The van der Waals surface area contributed by atoms with Crippen LogP contribution in [0.3, 0.4) is 0 Å². The first-order chi connectivity index (χ1) is 17.6. The van der Waals surface area contributed by atoms with Crippen LogP contribution in [0.1, 0.15) is 90.9 Å². The molecule has 7 heteroatoms. The fraction of sp³-hybridized carbons (Fsp3) is 0.967. The number of aliphatic hydroxyl groups is 2. The van der Waals surface area contributed by atoms with Gasteiger partial charge in [0.05, 0.1) is 12.2 Å². The Morgan fingerprint density at radius 3 is 2.57 bits per heavy atom. The predicted octanol–water partition coefficient (Wildman–Crippen LogP) is 4.17. The van der Waals surface area contributed by atoms with Crippen molar-refractivity contribution in [1.82, 2.24) is 10.2 Å². The zero-order valence-electron chi connectivity index (χ0n) is 23.9. The lowest BCUT2D eigenvalue weighted by Gasteiger charge is -2.64. The maximum atomic E-state index is 12.3. The zero-order valence-corrected chi connectivity index (χ0v) is 23.9. The van der Waals surface area contributed by atoms with E-state index < -0.39 is 11.4 Å². The van der Waals surface area contributed by atoms with Gasteiger partial charge in [-0.2, -0.15) is 0 Å². The second kappa shape index (κ2) is 10.7. The number of hydrogen-bond donors (Lipinski definition) is 3. The first kappa shape index (κ1) is 27.8. The maximum Gasteiger partial charge on any atom is 0.165 e. The Bertz CT molecular complexity index is 819. The van der Waals surface area contributed by atoms with Crippen LogP contribution >= 0.6 is 0 Å². The lowest BCUT2D eigenvalue weighted by Crippen LogP contribution is -2.63. The van der Waals surface area contributed by atoms with Crippen LogP contribution in [0.2, 0.25) is 0 Å². The molecule has 0 amide bonds.